The number of fused-ring (bicyclic) bond motifs is 1. The van der Waals surface area contributed by atoms with Crippen LogP contribution in [-0.4, -0.2) is 21.5 Å². The van der Waals surface area contributed by atoms with Crippen molar-refractivity contribution in [1.29, 1.82) is 0 Å². The number of rotatable bonds is 4. The van der Waals surface area contributed by atoms with E-state index >= 15 is 0 Å². The fourth-order valence-corrected chi connectivity index (χ4v) is 2.23. The highest BCUT2D eigenvalue weighted by Crippen LogP contribution is 2.20. The van der Waals surface area contributed by atoms with E-state index in [0.29, 0.717) is 10.9 Å². The Hall–Kier alpha value is -3.88. The maximum absolute atomic E-state index is 12.1. The Morgan fingerprint density at radius 2 is 2.12 bits per heavy atom. The van der Waals surface area contributed by atoms with Crippen molar-refractivity contribution in [1.82, 2.24) is 10.4 Å². The molecule has 2 heterocycles. The number of pyridine rings is 1. The normalized spacial score (nSPS) is 11.3. The summed E-state index contributed by atoms with van der Waals surface area (Å²) in [5.41, 5.74) is 2.35. The molecule has 0 bridgehead atoms. The topological polar surface area (TPSA) is 128 Å². The Bertz CT molecular complexity index is 1090. The standard InChI is InChI=1S/C17H12N4O5/c1-10(19-20-16(22)11-3-2-6-18-9-11)14-8-12-7-13(21(24)25)4-5-15(12)26-17(14)23/h2-9H,1H3,(H,20,22). The molecule has 9 heteroatoms. The number of carbonyl (C=O) groups excluding carboxylic acids is 1. The van der Waals surface area contributed by atoms with E-state index in [9.17, 15) is 19.7 Å². The van der Waals surface area contributed by atoms with Gasteiger partial charge in [-0.1, -0.05) is 0 Å². The molecule has 0 radical (unpaired) electrons. The van der Waals surface area contributed by atoms with Crippen LogP contribution in [0.5, 0.6) is 0 Å². The average Bonchev–Trinajstić information content (AvgIpc) is 2.65. The average molecular weight is 352 g/mol. The number of amides is 1. The maximum Gasteiger partial charge on any atom is 0.345 e. The van der Waals surface area contributed by atoms with E-state index < -0.39 is 16.5 Å². The lowest BCUT2D eigenvalue weighted by molar-refractivity contribution is -0.384. The SMILES string of the molecule is CC(=NNC(=O)c1cccnc1)c1cc2cc([N+](=O)[O-])ccc2oc1=O. The van der Waals surface area contributed by atoms with Gasteiger partial charge < -0.3 is 4.42 Å². The third-order valence-electron chi connectivity index (χ3n) is 3.57. The molecule has 2 aromatic heterocycles. The molecule has 9 nitrogen and oxygen atoms in total. The summed E-state index contributed by atoms with van der Waals surface area (Å²) in [6.07, 6.45) is 2.91. The van der Waals surface area contributed by atoms with E-state index in [-0.39, 0.29) is 22.5 Å². The van der Waals surface area contributed by atoms with E-state index in [4.69, 9.17) is 4.42 Å². The summed E-state index contributed by atoms with van der Waals surface area (Å²) in [6, 6.07) is 8.51. The Kier molecular flexibility index (Phi) is 4.52. The molecule has 130 valence electrons. The minimum Gasteiger partial charge on any atom is -0.422 e. The molecule has 0 fully saturated rings. The lowest BCUT2D eigenvalue weighted by atomic mass is 10.1. The number of carbonyl (C=O) groups is 1. The lowest BCUT2D eigenvalue weighted by Gasteiger charge is -2.03. The van der Waals surface area contributed by atoms with Gasteiger partial charge in [0, 0.05) is 29.9 Å². The smallest absolute Gasteiger partial charge is 0.345 e. The predicted molar refractivity (Wildman–Crippen MR) is 93.1 cm³/mol. The Morgan fingerprint density at radius 3 is 2.81 bits per heavy atom. The van der Waals surface area contributed by atoms with Crippen LogP contribution in [0.3, 0.4) is 0 Å². The molecule has 0 atom stereocenters. The molecule has 0 aliphatic carbocycles. The Labute approximate surface area is 146 Å². The summed E-state index contributed by atoms with van der Waals surface area (Å²) >= 11 is 0. The van der Waals surface area contributed by atoms with Crippen molar-refractivity contribution < 1.29 is 14.1 Å². The van der Waals surface area contributed by atoms with Crippen molar-refractivity contribution in [3.05, 3.63) is 80.5 Å². The molecule has 3 aromatic rings. The highest BCUT2D eigenvalue weighted by molar-refractivity contribution is 6.02. The van der Waals surface area contributed by atoms with Gasteiger partial charge in [0.05, 0.1) is 21.8 Å². The van der Waals surface area contributed by atoms with E-state index in [1.54, 1.807) is 12.1 Å². The number of nitrogens with one attached hydrogen (secondary N) is 1. The highest BCUT2D eigenvalue weighted by atomic mass is 16.6. The second-order valence-corrected chi connectivity index (χ2v) is 5.31. The molecule has 0 aliphatic rings. The Morgan fingerprint density at radius 1 is 1.31 bits per heavy atom. The zero-order chi connectivity index (χ0) is 18.7. The van der Waals surface area contributed by atoms with Crippen LogP contribution in [0.4, 0.5) is 5.69 Å². The van der Waals surface area contributed by atoms with Crippen molar-refractivity contribution in [3.8, 4) is 0 Å². The van der Waals surface area contributed by atoms with Crippen LogP contribution < -0.4 is 11.1 Å². The number of non-ortho nitro benzene ring substituents is 1. The summed E-state index contributed by atoms with van der Waals surface area (Å²) in [5, 5.41) is 15.1. The van der Waals surface area contributed by atoms with Crippen LogP contribution in [-0.2, 0) is 0 Å². The fraction of sp³-hybridized carbons (Fsp3) is 0.0588. The molecule has 0 spiro atoms. The first kappa shape index (κ1) is 17.0. The molecule has 0 aliphatic heterocycles. The molecule has 1 amide bonds. The van der Waals surface area contributed by atoms with Crippen molar-refractivity contribution >= 4 is 28.3 Å². The van der Waals surface area contributed by atoms with E-state index in [0.717, 1.165) is 0 Å². The monoisotopic (exact) mass is 352 g/mol. The van der Waals surface area contributed by atoms with Gasteiger partial charge in [-0.25, -0.2) is 10.2 Å². The van der Waals surface area contributed by atoms with Crippen LogP contribution in [0.1, 0.15) is 22.8 Å². The van der Waals surface area contributed by atoms with Gasteiger partial charge in [-0.15, -0.1) is 0 Å². The van der Waals surface area contributed by atoms with Gasteiger partial charge in [0.2, 0.25) is 0 Å². The van der Waals surface area contributed by atoms with Crippen molar-refractivity contribution in [2.45, 2.75) is 6.92 Å². The quantitative estimate of drug-likeness (QED) is 0.332. The van der Waals surface area contributed by atoms with Crippen LogP contribution >= 0.6 is 0 Å². The molecule has 26 heavy (non-hydrogen) atoms. The molecule has 0 unspecified atom stereocenters. The second-order valence-electron chi connectivity index (χ2n) is 5.31. The number of hydrazone groups is 1. The summed E-state index contributed by atoms with van der Waals surface area (Å²) in [7, 11) is 0. The van der Waals surface area contributed by atoms with Gasteiger partial charge in [0.25, 0.3) is 11.6 Å². The zero-order valence-corrected chi connectivity index (χ0v) is 13.5. The number of hydrogen-bond donors (Lipinski definition) is 1. The number of nitrogens with zero attached hydrogens (tertiary/aromatic N) is 3. The third-order valence-corrected chi connectivity index (χ3v) is 3.57. The van der Waals surface area contributed by atoms with Gasteiger partial charge in [0.15, 0.2) is 0 Å². The number of nitro benzene ring substituents is 1. The minimum absolute atomic E-state index is 0.0875. The van der Waals surface area contributed by atoms with Gasteiger partial charge >= 0.3 is 5.63 Å². The van der Waals surface area contributed by atoms with Crippen LogP contribution in [0.2, 0.25) is 0 Å². The molecule has 1 N–H and O–H groups in total. The number of aromatic nitrogens is 1. The van der Waals surface area contributed by atoms with E-state index in [2.05, 4.69) is 15.5 Å². The number of benzene rings is 1. The molecule has 1 aromatic carbocycles. The molecule has 0 saturated carbocycles. The molecular formula is C17H12N4O5. The van der Waals surface area contributed by atoms with Crippen molar-refractivity contribution in [3.63, 3.8) is 0 Å². The summed E-state index contributed by atoms with van der Waals surface area (Å²) in [4.78, 5) is 38.2. The zero-order valence-electron chi connectivity index (χ0n) is 13.5. The largest absolute Gasteiger partial charge is 0.422 e. The minimum atomic E-state index is -0.664. The first-order valence-electron chi connectivity index (χ1n) is 7.43. The summed E-state index contributed by atoms with van der Waals surface area (Å²) in [6.45, 7) is 1.51. The maximum atomic E-state index is 12.1. The summed E-state index contributed by atoms with van der Waals surface area (Å²) < 4.78 is 5.16. The van der Waals surface area contributed by atoms with Crippen LogP contribution in [0, 0.1) is 10.1 Å². The lowest BCUT2D eigenvalue weighted by Crippen LogP contribution is -2.21. The molecule has 3 rings (SSSR count). The first-order valence-corrected chi connectivity index (χ1v) is 7.43. The van der Waals surface area contributed by atoms with Gasteiger partial charge in [-0.05, 0) is 31.2 Å². The Balaban J connectivity index is 1.93. The molecule has 0 saturated heterocycles. The van der Waals surface area contributed by atoms with Crippen LogP contribution in [0.25, 0.3) is 11.0 Å². The van der Waals surface area contributed by atoms with Gasteiger partial charge in [0.1, 0.15) is 5.58 Å². The second kappa shape index (κ2) is 6.93. The molecular weight excluding hydrogens is 340 g/mol. The summed E-state index contributed by atoms with van der Waals surface area (Å²) in [5.74, 6) is -0.488. The number of nitro groups is 1. The van der Waals surface area contributed by atoms with Crippen LogP contribution in [0.15, 0.2) is 63.1 Å². The van der Waals surface area contributed by atoms with Crippen molar-refractivity contribution in [2.24, 2.45) is 5.10 Å². The van der Waals surface area contributed by atoms with Gasteiger partial charge in [-0.3, -0.25) is 19.9 Å². The third kappa shape index (κ3) is 3.46. The fourth-order valence-electron chi connectivity index (χ4n) is 2.23. The van der Waals surface area contributed by atoms with Gasteiger partial charge in [-0.2, -0.15) is 5.10 Å². The van der Waals surface area contributed by atoms with Crippen molar-refractivity contribution in [2.75, 3.05) is 0 Å². The predicted octanol–water partition coefficient (Wildman–Crippen LogP) is 2.25. The first-order chi connectivity index (χ1) is 12.5. The number of hydrogen-bond acceptors (Lipinski definition) is 7. The highest BCUT2D eigenvalue weighted by Gasteiger charge is 2.13. The van der Waals surface area contributed by atoms with E-state index in [1.165, 1.54) is 43.6 Å². The van der Waals surface area contributed by atoms with E-state index in [1.807, 2.05) is 0 Å².